The number of aromatic nitrogens is 2. The zero-order valence-electron chi connectivity index (χ0n) is 12.1. The Morgan fingerprint density at radius 3 is 2.79 bits per heavy atom. The molecule has 4 nitrogen and oxygen atoms in total. The van der Waals surface area contributed by atoms with Crippen molar-refractivity contribution in [2.24, 2.45) is 7.05 Å². The van der Waals surface area contributed by atoms with Gasteiger partial charge in [0.1, 0.15) is 5.82 Å². The molecule has 0 fully saturated rings. The molecule has 0 saturated carbocycles. The molecule has 1 aromatic heterocycles. The maximum Gasteiger partial charge on any atom is 0.130 e. The first kappa shape index (κ1) is 13.6. The quantitative estimate of drug-likeness (QED) is 0.895. The number of nitrogens with one attached hydrogen (secondary N) is 1. The van der Waals surface area contributed by atoms with Crippen molar-refractivity contribution in [1.82, 2.24) is 14.5 Å². The molecule has 2 aromatic rings. The van der Waals surface area contributed by atoms with Crippen molar-refractivity contribution in [1.29, 1.82) is 0 Å². The molecule has 1 unspecified atom stereocenters. The molecule has 0 aliphatic carbocycles. The number of nitrogens with zero attached hydrogens (tertiary/aromatic N) is 3. The van der Waals surface area contributed by atoms with E-state index in [1.165, 1.54) is 5.56 Å². The molecule has 0 saturated heterocycles. The number of aryl methyl sites for hydroxylation is 1. The molecule has 1 N–H and O–H groups in total. The molecular formula is C15H22N4. The molecule has 19 heavy (non-hydrogen) atoms. The maximum atomic E-state index is 4.37. The fourth-order valence-electron chi connectivity index (χ4n) is 2.23. The van der Waals surface area contributed by atoms with Gasteiger partial charge in [0, 0.05) is 31.7 Å². The van der Waals surface area contributed by atoms with Gasteiger partial charge in [-0.25, -0.2) is 4.98 Å². The first-order valence-corrected chi connectivity index (χ1v) is 6.53. The number of anilines is 1. The minimum absolute atomic E-state index is 0.189. The standard InChI is InChI=1S/C15H22N4/c1-12(15-16-8-9-19(15)4)17-14-7-5-6-13(10-14)11-18(2)3/h5-10,12,17H,11H2,1-4H3. The van der Waals surface area contributed by atoms with Gasteiger partial charge in [0.25, 0.3) is 0 Å². The van der Waals surface area contributed by atoms with E-state index in [9.17, 15) is 0 Å². The lowest BCUT2D eigenvalue weighted by Gasteiger charge is -2.16. The van der Waals surface area contributed by atoms with E-state index in [1.807, 2.05) is 24.0 Å². The highest BCUT2D eigenvalue weighted by molar-refractivity contribution is 5.46. The minimum atomic E-state index is 0.189. The van der Waals surface area contributed by atoms with Crippen LogP contribution in [-0.2, 0) is 13.6 Å². The van der Waals surface area contributed by atoms with E-state index in [0.29, 0.717) is 0 Å². The van der Waals surface area contributed by atoms with Crippen LogP contribution in [0.1, 0.15) is 24.4 Å². The minimum Gasteiger partial charge on any atom is -0.375 e. The zero-order valence-corrected chi connectivity index (χ0v) is 12.1. The summed E-state index contributed by atoms with van der Waals surface area (Å²) in [5, 5.41) is 3.50. The summed E-state index contributed by atoms with van der Waals surface area (Å²) in [6, 6.07) is 8.72. The number of rotatable bonds is 5. The Hall–Kier alpha value is -1.81. The molecule has 0 amide bonds. The molecule has 2 rings (SSSR count). The summed E-state index contributed by atoms with van der Waals surface area (Å²) < 4.78 is 2.04. The summed E-state index contributed by atoms with van der Waals surface area (Å²) >= 11 is 0. The molecule has 1 atom stereocenters. The molecule has 0 bridgehead atoms. The van der Waals surface area contributed by atoms with E-state index in [0.717, 1.165) is 18.1 Å². The second kappa shape index (κ2) is 5.89. The molecule has 1 aromatic carbocycles. The van der Waals surface area contributed by atoms with Crippen molar-refractivity contribution in [2.75, 3.05) is 19.4 Å². The fourth-order valence-corrected chi connectivity index (χ4v) is 2.23. The van der Waals surface area contributed by atoms with Gasteiger partial charge in [-0.15, -0.1) is 0 Å². The van der Waals surface area contributed by atoms with Crippen molar-refractivity contribution < 1.29 is 0 Å². The molecule has 0 radical (unpaired) electrons. The highest BCUT2D eigenvalue weighted by Crippen LogP contribution is 2.19. The third kappa shape index (κ3) is 3.58. The Bertz CT molecular complexity index is 530. The smallest absolute Gasteiger partial charge is 0.130 e. The van der Waals surface area contributed by atoms with Crippen LogP contribution in [0.5, 0.6) is 0 Å². The summed E-state index contributed by atoms with van der Waals surface area (Å²) in [5.41, 5.74) is 2.44. The summed E-state index contributed by atoms with van der Waals surface area (Å²) in [5.74, 6) is 1.04. The third-order valence-electron chi connectivity index (χ3n) is 3.05. The van der Waals surface area contributed by atoms with Gasteiger partial charge in [0.15, 0.2) is 0 Å². The largest absolute Gasteiger partial charge is 0.375 e. The average Bonchev–Trinajstić information content (AvgIpc) is 2.75. The summed E-state index contributed by atoms with van der Waals surface area (Å²) in [7, 11) is 6.18. The molecule has 0 aliphatic rings. The number of hydrogen-bond acceptors (Lipinski definition) is 3. The van der Waals surface area contributed by atoms with Gasteiger partial charge in [0.2, 0.25) is 0 Å². The number of hydrogen-bond donors (Lipinski definition) is 1. The van der Waals surface area contributed by atoms with Gasteiger partial charge in [-0.1, -0.05) is 12.1 Å². The third-order valence-corrected chi connectivity index (χ3v) is 3.05. The van der Waals surface area contributed by atoms with Crippen LogP contribution >= 0.6 is 0 Å². The van der Waals surface area contributed by atoms with Gasteiger partial charge < -0.3 is 14.8 Å². The Balaban J connectivity index is 2.09. The topological polar surface area (TPSA) is 33.1 Å². The van der Waals surface area contributed by atoms with Crippen molar-refractivity contribution in [3.63, 3.8) is 0 Å². The van der Waals surface area contributed by atoms with Gasteiger partial charge >= 0.3 is 0 Å². The lowest BCUT2D eigenvalue weighted by Crippen LogP contribution is -2.13. The Morgan fingerprint density at radius 2 is 2.16 bits per heavy atom. The number of benzene rings is 1. The lowest BCUT2D eigenvalue weighted by atomic mass is 10.2. The molecular weight excluding hydrogens is 236 g/mol. The Morgan fingerprint density at radius 1 is 1.37 bits per heavy atom. The molecule has 4 heteroatoms. The van der Waals surface area contributed by atoms with Crippen LogP contribution in [-0.4, -0.2) is 28.5 Å². The van der Waals surface area contributed by atoms with Crippen LogP contribution in [0.4, 0.5) is 5.69 Å². The molecule has 0 spiro atoms. The van der Waals surface area contributed by atoms with Crippen LogP contribution in [0, 0.1) is 0 Å². The van der Waals surface area contributed by atoms with E-state index < -0.39 is 0 Å². The van der Waals surface area contributed by atoms with E-state index in [-0.39, 0.29) is 6.04 Å². The van der Waals surface area contributed by atoms with Crippen LogP contribution in [0.3, 0.4) is 0 Å². The fraction of sp³-hybridized carbons (Fsp3) is 0.400. The zero-order chi connectivity index (χ0) is 13.8. The molecule has 1 heterocycles. The van der Waals surface area contributed by atoms with Gasteiger partial charge in [0.05, 0.1) is 6.04 Å². The Labute approximate surface area is 115 Å². The summed E-state index contributed by atoms with van der Waals surface area (Å²) in [6.07, 6.45) is 3.80. The van der Waals surface area contributed by atoms with Crippen LogP contribution in [0.15, 0.2) is 36.7 Å². The van der Waals surface area contributed by atoms with Crippen LogP contribution < -0.4 is 5.32 Å². The van der Waals surface area contributed by atoms with E-state index >= 15 is 0 Å². The second-order valence-electron chi connectivity index (χ2n) is 5.20. The Kier molecular flexibility index (Phi) is 4.22. The predicted molar refractivity (Wildman–Crippen MR) is 79.1 cm³/mol. The highest BCUT2D eigenvalue weighted by Gasteiger charge is 2.10. The van der Waals surface area contributed by atoms with E-state index in [4.69, 9.17) is 0 Å². The second-order valence-corrected chi connectivity index (χ2v) is 5.20. The lowest BCUT2D eigenvalue weighted by molar-refractivity contribution is 0.402. The maximum absolute atomic E-state index is 4.37. The number of imidazole rings is 1. The average molecular weight is 258 g/mol. The predicted octanol–water partition coefficient (Wildman–Crippen LogP) is 2.65. The SMILES string of the molecule is CC(Nc1cccc(CN(C)C)c1)c1nccn1C. The summed E-state index contributed by atoms with van der Waals surface area (Å²) in [4.78, 5) is 6.54. The molecule has 0 aliphatic heterocycles. The van der Waals surface area contributed by atoms with Crippen molar-refractivity contribution in [3.8, 4) is 0 Å². The van der Waals surface area contributed by atoms with Crippen molar-refractivity contribution in [2.45, 2.75) is 19.5 Å². The monoisotopic (exact) mass is 258 g/mol. The first-order valence-electron chi connectivity index (χ1n) is 6.53. The normalized spacial score (nSPS) is 12.7. The van der Waals surface area contributed by atoms with E-state index in [1.54, 1.807) is 0 Å². The van der Waals surface area contributed by atoms with Crippen molar-refractivity contribution >= 4 is 5.69 Å². The van der Waals surface area contributed by atoms with Crippen LogP contribution in [0.25, 0.3) is 0 Å². The first-order chi connectivity index (χ1) is 9.06. The van der Waals surface area contributed by atoms with Crippen LogP contribution in [0.2, 0.25) is 0 Å². The van der Waals surface area contributed by atoms with Gasteiger partial charge in [-0.05, 0) is 38.7 Å². The highest BCUT2D eigenvalue weighted by atomic mass is 15.1. The van der Waals surface area contributed by atoms with Gasteiger partial charge in [-0.2, -0.15) is 0 Å². The van der Waals surface area contributed by atoms with Gasteiger partial charge in [-0.3, -0.25) is 0 Å². The van der Waals surface area contributed by atoms with E-state index in [2.05, 4.69) is 60.5 Å². The molecule has 102 valence electrons. The van der Waals surface area contributed by atoms with Crippen molar-refractivity contribution in [3.05, 3.63) is 48.0 Å². The summed E-state index contributed by atoms with van der Waals surface area (Å²) in [6.45, 7) is 3.08.